The van der Waals surface area contributed by atoms with Gasteiger partial charge in [-0.1, -0.05) is 33.3 Å². The summed E-state index contributed by atoms with van der Waals surface area (Å²) >= 11 is 5.65. The van der Waals surface area contributed by atoms with Crippen molar-refractivity contribution >= 4 is 75.4 Å². The third-order valence-corrected chi connectivity index (χ3v) is 6.58. The maximum absolute atomic E-state index is 12.6. The molecule has 0 fully saturated rings. The van der Waals surface area contributed by atoms with Gasteiger partial charge in [0.2, 0.25) is 0 Å². The predicted octanol–water partition coefficient (Wildman–Crippen LogP) is 3.86. The average molecular weight is 427 g/mol. The first-order valence-corrected chi connectivity index (χ1v) is 10.2. The van der Waals surface area contributed by atoms with Crippen molar-refractivity contribution in [1.29, 1.82) is 0 Å². The first-order chi connectivity index (χ1) is 11.0. The molecule has 0 aliphatic rings. The van der Waals surface area contributed by atoms with Gasteiger partial charge < -0.3 is 0 Å². The molecule has 0 spiro atoms. The average Bonchev–Trinajstić information content (AvgIpc) is 3.11. The Balaban J connectivity index is 1.78. The molecule has 2 aromatic heterocycles. The molecule has 0 aliphatic heterocycles. The van der Waals surface area contributed by atoms with E-state index in [9.17, 15) is 8.42 Å². The van der Waals surface area contributed by atoms with Crippen molar-refractivity contribution in [2.24, 2.45) is 0 Å². The summed E-state index contributed by atoms with van der Waals surface area (Å²) in [7, 11) is -3.78. The summed E-state index contributed by atoms with van der Waals surface area (Å²) in [5.74, 6) is 0. The summed E-state index contributed by atoms with van der Waals surface area (Å²) in [4.78, 5) is 4.41. The first kappa shape index (κ1) is 14.9. The van der Waals surface area contributed by atoms with Gasteiger partial charge in [-0.05, 0) is 30.3 Å². The fourth-order valence-electron chi connectivity index (χ4n) is 2.11. The highest BCUT2D eigenvalue weighted by Gasteiger charge is 2.21. The van der Waals surface area contributed by atoms with Crippen molar-refractivity contribution in [3.63, 3.8) is 0 Å². The third kappa shape index (κ3) is 2.71. The summed E-state index contributed by atoms with van der Waals surface area (Å²) < 4.78 is 37.8. The number of hydrogen-bond acceptors (Lipinski definition) is 7. The zero-order chi connectivity index (χ0) is 16.0. The van der Waals surface area contributed by atoms with Gasteiger partial charge in [-0.2, -0.15) is 8.75 Å². The van der Waals surface area contributed by atoms with E-state index >= 15 is 0 Å². The lowest BCUT2D eigenvalue weighted by atomic mass is 10.3. The van der Waals surface area contributed by atoms with Gasteiger partial charge in [0.05, 0.1) is 21.9 Å². The zero-order valence-corrected chi connectivity index (χ0v) is 15.3. The van der Waals surface area contributed by atoms with E-state index < -0.39 is 10.0 Å². The molecule has 0 saturated carbocycles. The van der Waals surface area contributed by atoms with Gasteiger partial charge in [-0.25, -0.2) is 13.4 Å². The molecule has 6 nitrogen and oxygen atoms in total. The van der Waals surface area contributed by atoms with Gasteiger partial charge in [-0.15, -0.1) is 0 Å². The normalized spacial score (nSPS) is 12.0. The number of aromatic nitrogens is 3. The number of fused-ring (bicyclic) bond motifs is 2. The number of nitrogens with zero attached hydrogens (tertiary/aromatic N) is 3. The number of halogens is 1. The molecule has 4 rings (SSSR count). The Morgan fingerprint density at radius 2 is 1.96 bits per heavy atom. The Hall–Kier alpha value is -1.62. The predicted molar refractivity (Wildman–Crippen MR) is 95.5 cm³/mol. The number of rotatable bonds is 3. The van der Waals surface area contributed by atoms with Crippen molar-refractivity contribution in [1.82, 2.24) is 13.7 Å². The standard InChI is InChI=1S/C13H7BrN4O2S3/c14-7-4-5-8-10(6-7)21-13(15-8)18-23(19,20)11-3-1-2-9-12(11)17-22-16-9/h1-6H,(H,15,18). The minimum Gasteiger partial charge on any atom is -0.255 e. The molecule has 0 amide bonds. The lowest BCUT2D eigenvalue weighted by molar-refractivity contribution is 0.602. The molecule has 23 heavy (non-hydrogen) atoms. The maximum Gasteiger partial charge on any atom is 0.265 e. The van der Waals surface area contributed by atoms with E-state index in [0.29, 0.717) is 16.2 Å². The number of thiazole rings is 1. The van der Waals surface area contributed by atoms with Gasteiger partial charge in [0, 0.05) is 4.47 Å². The highest BCUT2D eigenvalue weighted by atomic mass is 79.9. The number of benzene rings is 2. The van der Waals surface area contributed by atoms with Crippen molar-refractivity contribution < 1.29 is 8.42 Å². The molecule has 0 unspecified atom stereocenters. The van der Waals surface area contributed by atoms with Gasteiger partial charge in [0.25, 0.3) is 10.0 Å². The molecule has 0 atom stereocenters. The molecule has 0 aliphatic carbocycles. The van der Waals surface area contributed by atoms with Crippen LogP contribution in [0, 0.1) is 0 Å². The van der Waals surface area contributed by atoms with Crippen LogP contribution in [-0.4, -0.2) is 22.1 Å². The third-order valence-electron chi connectivity index (χ3n) is 3.11. The van der Waals surface area contributed by atoms with Crippen molar-refractivity contribution in [3.05, 3.63) is 40.9 Å². The molecule has 10 heteroatoms. The van der Waals surface area contributed by atoms with Crippen LogP contribution in [0.4, 0.5) is 5.13 Å². The molecule has 116 valence electrons. The fourth-order valence-corrected chi connectivity index (χ4v) is 5.53. The lowest BCUT2D eigenvalue weighted by Crippen LogP contribution is -2.13. The van der Waals surface area contributed by atoms with E-state index in [4.69, 9.17) is 0 Å². The van der Waals surface area contributed by atoms with Crippen LogP contribution in [0.5, 0.6) is 0 Å². The van der Waals surface area contributed by atoms with E-state index in [1.54, 1.807) is 12.1 Å². The maximum atomic E-state index is 12.6. The zero-order valence-electron chi connectivity index (χ0n) is 11.2. The highest BCUT2D eigenvalue weighted by molar-refractivity contribution is 9.10. The summed E-state index contributed by atoms with van der Waals surface area (Å²) in [5.41, 5.74) is 1.67. The van der Waals surface area contributed by atoms with E-state index in [1.165, 1.54) is 17.4 Å². The molecular weight excluding hydrogens is 420 g/mol. The SMILES string of the molecule is O=S(=O)(Nc1nc2ccc(Br)cc2s1)c1cccc2nsnc12. The summed E-state index contributed by atoms with van der Waals surface area (Å²) in [6.07, 6.45) is 0. The summed E-state index contributed by atoms with van der Waals surface area (Å²) in [6.45, 7) is 0. The van der Waals surface area contributed by atoms with Gasteiger partial charge >= 0.3 is 0 Å². The second kappa shape index (κ2) is 5.48. The smallest absolute Gasteiger partial charge is 0.255 e. The minimum atomic E-state index is -3.78. The molecule has 1 N–H and O–H groups in total. The molecule has 0 saturated heterocycles. The summed E-state index contributed by atoms with van der Waals surface area (Å²) in [6, 6.07) is 10.5. The lowest BCUT2D eigenvalue weighted by Gasteiger charge is -2.04. The Labute approximate surface area is 147 Å². The number of hydrogen-bond donors (Lipinski definition) is 1. The van der Waals surface area contributed by atoms with Crippen LogP contribution in [0.3, 0.4) is 0 Å². The van der Waals surface area contributed by atoms with Crippen LogP contribution in [0.15, 0.2) is 45.8 Å². The van der Waals surface area contributed by atoms with Gasteiger partial charge in [0.15, 0.2) is 5.13 Å². The molecule has 0 radical (unpaired) electrons. The van der Waals surface area contributed by atoms with Crippen LogP contribution in [0.2, 0.25) is 0 Å². The number of anilines is 1. The molecule has 0 bridgehead atoms. The van der Waals surface area contributed by atoms with Crippen molar-refractivity contribution in [2.75, 3.05) is 4.72 Å². The Bertz CT molecular complexity index is 1140. The van der Waals surface area contributed by atoms with E-state index in [2.05, 4.69) is 34.4 Å². The molecule has 4 aromatic rings. The fraction of sp³-hybridized carbons (Fsp3) is 0. The van der Waals surface area contributed by atoms with Crippen LogP contribution in [-0.2, 0) is 10.0 Å². The van der Waals surface area contributed by atoms with Crippen LogP contribution in [0.1, 0.15) is 0 Å². The Morgan fingerprint density at radius 1 is 1.09 bits per heavy atom. The second-order valence-electron chi connectivity index (χ2n) is 4.62. The highest BCUT2D eigenvalue weighted by Crippen LogP contribution is 2.30. The molecule has 2 aromatic carbocycles. The number of sulfonamides is 1. The van der Waals surface area contributed by atoms with Crippen LogP contribution < -0.4 is 4.72 Å². The van der Waals surface area contributed by atoms with Crippen LogP contribution in [0.25, 0.3) is 21.3 Å². The van der Waals surface area contributed by atoms with E-state index in [1.807, 2.05) is 18.2 Å². The van der Waals surface area contributed by atoms with E-state index in [-0.39, 0.29) is 4.90 Å². The minimum absolute atomic E-state index is 0.101. The summed E-state index contributed by atoms with van der Waals surface area (Å²) in [5, 5.41) is 0.318. The second-order valence-corrected chi connectivity index (χ2v) is 8.75. The van der Waals surface area contributed by atoms with Crippen molar-refractivity contribution in [2.45, 2.75) is 4.90 Å². The largest absolute Gasteiger partial charge is 0.265 e. The van der Waals surface area contributed by atoms with Crippen molar-refractivity contribution in [3.8, 4) is 0 Å². The van der Waals surface area contributed by atoms with Gasteiger partial charge in [0.1, 0.15) is 15.9 Å². The first-order valence-electron chi connectivity index (χ1n) is 6.33. The topological polar surface area (TPSA) is 84.8 Å². The number of nitrogens with one attached hydrogen (secondary N) is 1. The molecular formula is C13H7BrN4O2S3. The quantitative estimate of drug-likeness (QED) is 0.537. The monoisotopic (exact) mass is 426 g/mol. The Morgan fingerprint density at radius 3 is 2.83 bits per heavy atom. The molecule has 2 heterocycles. The Kier molecular flexibility index (Phi) is 3.56. The van der Waals surface area contributed by atoms with Crippen LogP contribution >= 0.6 is 39.0 Å². The van der Waals surface area contributed by atoms with E-state index in [0.717, 1.165) is 26.4 Å². The van der Waals surface area contributed by atoms with Gasteiger partial charge in [-0.3, -0.25) is 4.72 Å².